The maximum Gasteiger partial charge on any atom is 0.421 e. The van der Waals surface area contributed by atoms with Crippen LogP contribution in [0.15, 0.2) is 46.8 Å². The van der Waals surface area contributed by atoms with E-state index in [4.69, 9.17) is 28.4 Å². The van der Waals surface area contributed by atoms with E-state index >= 15 is 0 Å². The molecular weight excluding hydrogens is 622 g/mol. The number of likely N-dealkylation sites (N-methyl/N-ethyl adjacent to an activating group) is 1. The van der Waals surface area contributed by atoms with Crippen molar-refractivity contribution in [1.82, 2.24) is 9.80 Å². The molecule has 1 aliphatic heterocycles. The zero-order valence-corrected chi connectivity index (χ0v) is 27.9. The molecule has 0 saturated heterocycles. The van der Waals surface area contributed by atoms with Crippen LogP contribution in [0.5, 0.6) is 0 Å². The first kappa shape index (κ1) is 38.2. The number of allylic oxidation sites excluding steroid dienone is 2. The van der Waals surface area contributed by atoms with Crippen molar-refractivity contribution in [2.24, 2.45) is 0 Å². The van der Waals surface area contributed by atoms with Gasteiger partial charge in [-0.1, -0.05) is 12.1 Å². The molecule has 0 aromatic heterocycles. The molecule has 1 atom stereocenters. The number of methoxy groups -OCH3 is 1. The fourth-order valence-electron chi connectivity index (χ4n) is 4.44. The Bertz CT molecular complexity index is 1440. The molecule has 1 aliphatic rings. The molecular formula is C31H41N3O13. The minimum atomic E-state index is -1.25. The summed E-state index contributed by atoms with van der Waals surface area (Å²) in [6.45, 7) is 9.44. The Kier molecular flexibility index (Phi) is 13.4. The van der Waals surface area contributed by atoms with E-state index in [1.54, 1.807) is 34.6 Å². The van der Waals surface area contributed by atoms with Crippen molar-refractivity contribution in [2.75, 3.05) is 40.7 Å². The normalized spacial score (nSPS) is 14.9. The van der Waals surface area contributed by atoms with Crippen LogP contribution in [0.4, 0.5) is 15.3 Å². The highest BCUT2D eigenvalue weighted by atomic mass is 16.7. The van der Waals surface area contributed by atoms with Crippen LogP contribution in [-0.4, -0.2) is 97.2 Å². The predicted molar refractivity (Wildman–Crippen MR) is 163 cm³/mol. The predicted octanol–water partition coefficient (Wildman–Crippen LogP) is 4.19. The fourth-order valence-corrected chi connectivity index (χ4v) is 4.44. The van der Waals surface area contributed by atoms with E-state index in [2.05, 4.69) is 0 Å². The van der Waals surface area contributed by atoms with Gasteiger partial charge in [0.25, 0.3) is 5.69 Å². The number of rotatable bonds is 12. The van der Waals surface area contributed by atoms with Gasteiger partial charge in [-0.2, -0.15) is 0 Å². The van der Waals surface area contributed by atoms with Crippen molar-refractivity contribution in [3.05, 3.63) is 62.5 Å². The Balaban J connectivity index is 2.50. The van der Waals surface area contributed by atoms with Crippen molar-refractivity contribution in [1.29, 1.82) is 0 Å². The summed E-state index contributed by atoms with van der Waals surface area (Å²) in [5.41, 5.74) is -1.33. The van der Waals surface area contributed by atoms with Gasteiger partial charge in [-0.15, -0.1) is 0 Å². The summed E-state index contributed by atoms with van der Waals surface area (Å²) in [4.78, 5) is 77.9. The SMILES string of the molecule is COCCOC(=O)C1=C(C)N(C(=O)OCOC(=O)CN(C)C(=O)OC(C)(C)C)C(C)=C(C(=O)OC(C)C)C1c1cccc([N+](=O)[O-])c1. The third kappa shape index (κ3) is 10.5. The van der Waals surface area contributed by atoms with Crippen LogP contribution in [0.1, 0.15) is 59.9 Å². The second-order valence-electron chi connectivity index (χ2n) is 11.6. The highest BCUT2D eigenvalue weighted by Crippen LogP contribution is 2.44. The van der Waals surface area contributed by atoms with Gasteiger partial charge in [-0.25, -0.2) is 19.2 Å². The molecule has 1 aromatic carbocycles. The Morgan fingerprint density at radius 3 is 2.15 bits per heavy atom. The number of carbonyl (C=O) groups excluding carboxylic acids is 5. The quantitative estimate of drug-likeness (QED) is 0.0773. The average Bonchev–Trinajstić information content (AvgIpc) is 2.95. The summed E-state index contributed by atoms with van der Waals surface area (Å²) in [7, 11) is 2.72. The number of hydrogen-bond donors (Lipinski definition) is 0. The summed E-state index contributed by atoms with van der Waals surface area (Å²) in [6.07, 6.45) is -2.52. The Labute approximate surface area is 272 Å². The van der Waals surface area contributed by atoms with Crippen LogP contribution in [0.25, 0.3) is 0 Å². The molecule has 16 heteroatoms. The third-order valence-corrected chi connectivity index (χ3v) is 6.40. The van der Waals surface area contributed by atoms with Gasteiger partial charge >= 0.3 is 30.1 Å². The molecule has 16 nitrogen and oxygen atoms in total. The summed E-state index contributed by atoms with van der Waals surface area (Å²) >= 11 is 0. The van der Waals surface area contributed by atoms with Crippen molar-refractivity contribution in [3.8, 4) is 0 Å². The molecule has 0 N–H and O–H groups in total. The minimum Gasteiger partial charge on any atom is -0.460 e. The van der Waals surface area contributed by atoms with E-state index in [9.17, 15) is 34.1 Å². The van der Waals surface area contributed by atoms with Crippen LogP contribution in [-0.2, 0) is 42.8 Å². The van der Waals surface area contributed by atoms with Gasteiger partial charge in [0, 0.05) is 37.7 Å². The van der Waals surface area contributed by atoms with Crippen molar-refractivity contribution in [3.63, 3.8) is 0 Å². The van der Waals surface area contributed by atoms with E-state index in [0.29, 0.717) is 0 Å². The van der Waals surface area contributed by atoms with Crippen LogP contribution >= 0.6 is 0 Å². The maximum atomic E-state index is 13.6. The summed E-state index contributed by atoms with van der Waals surface area (Å²) in [5.74, 6) is -4.01. The molecule has 1 unspecified atom stereocenters. The van der Waals surface area contributed by atoms with Crippen LogP contribution in [0.2, 0.25) is 0 Å². The largest absolute Gasteiger partial charge is 0.460 e. The molecule has 0 radical (unpaired) electrons. The first-order valence-electron chi connectivity index (χ1n) is 14.5. The summed E-state index contributed by atoms with van der Waals surface area (Å²) < 4.78 is 31.1. The topological polar surface area (TPSA) is 190 Å². The summed E-state index contributed by atoms with van der Waals surface area (Å²) in [5, 5.41) is 11.6. The first-order valence-corrected chi connectivity index (χ1v) is 14.5. The van der Waals surface area contributed by atoms with Crippen molar-refractivity contribution in [2.45, 2.75) is 66.1 Å². The smallest absolute Gasteiger partial charge is 0.421 e. The molecule has 2 amide bonds. The number of nitro benzene ring substituents is 1. The number of hydrogen-bond acceptors (Lipinski definition) is 13. The average molecular weight is 664 g/mol. The molecule has 1 aromatic rings. The van der Waals surface area contributed by atoms with Gasteiger partial charge in [-0.05, 0) is 54.0 Å². The van der Waals surface area contributed by atoms with Gasteiger partial charge in [0.2, 0.25) is 6.79 Å². The fraction of sp³-hybridized carbons (Fsp3) is 0.516. The van der Waals surface area contributed by atoms with Crippen molar-refractivity contribution >= 4 is 35.8 Å². The monoisotopic (exact) mass is 663 g/mol. The Hall–Kier alpha value is -4.99. The van der Waals surface area contributed by atoms with Gasteiger partial charge in [0.05, 0.1) is 34.7 Å². The van der Waals surface area contributed by atoms with E-state index in [1.165, 1.54) is 52.3 Å². The number of esters is 3. The minimum absolute atomic E-state index is 0.0147. The van der Waals surface area contributed by atoms with Gasteiger partial charge in [0.15, 0.2) is 0 Å². The van der Waals surface area contributed by atoms with E-state index in [0.717, 1.165) is 9.80 Å². The molecule has 0 aliphatic carbocycles. The highest BCUT2D eigenvalue weighted by Gasteiger charge is 2.43. The lowest BCUT2D eigenvalue weighted by atomic mass is 9.79. The first-order chi connectivity index (χ1) is 21.9. The molecule has 0 bridgehead atoms. The summed E-state index contributed by atoms with van der Waals surface area (Å²) in [6, 6.07) is 5.34. The zero-order chi connectivity index (χ0) is 35.6. The highest BCUT2D eigenvalue weighted by molar-refractivity contribution is 6.01. The molecule has 2 rings (SSSR count). The van der Waals surface area contributed by atoms with Crippen LogP contribution < -0.4 is 0 Å². The number of nitrogens with zero attached hydrogens (tertiary/aromatic N) is 3. The number of ether oxygens (including phenoxy) is 6. The third-order valence-electron chi connectivity index (χ3n) is 6.40. The second-order valence-corrected chi connectivity index (χ2v) is 11.6. The Morgan fingerprint density at radius 2 is 1.60 bits per heavy atom. The number of amides is 2. The molecule has 47 heavy (non-hydrogen) atoms. The maximum absolute atomic E-state index is 13.6. The second kappa shape index (κ2) is 16.5. The molecule has 1 heterocycles. The van der Waals surface area contributed by atoms with Crippen LogP contribution in [0, 0.1) is 10.1 Å². The zero-order valence-electron chi connectivity index (χ0n) is 27.9. The van der Waals surface area contributed by atoms with Gasteiger partial charge < -0.3 is 33.3 Å². The molecule has 0 fully saturated rings. The number of non-ortho nitro benzene ring substituents is 1. The molecule has 0 saturated carbocycles. The van der Waals surface area contributed by atoms with Crippen LogP contribution in [0.3, 0.4) is 0 Å². The standard InChI is InChI=1S/C31H41N3O13/c1-18(2)46-28(37)25-20(4)33(30(39)45-17-44-23(35)16-32(8)29(38)47-31(5,6)7)19(3)24(27(36)43-14-13-42-9)26(25)21-11-10-12-22(15-21)34(40)41/h10-12,15,18,26H,13-14,16-17H2,1-9H3. The van der Waals surface area contributed by atoms with E-state index in [1.807, 2.05) is 0 Å². The number of nitro groups is 1. The molecule has 258 valence electrons. The lowest BCUT2D eigenvalue weighted by Crippen LogP contribution is -2.40. The van der Waals surface area contributed by atoms with E-state index < -0.39 is 66.0 Å². The van der Waals surface area contributed by atoms with E-state index in [-0.39, 0.29) is 47.0 Å². The van der Waals surface area contributed by atoms with Gasteiger partial charge in [-0.3, -0.25) is 19.8 Å². The van der Waals surface area contributed by atoms with Gasteiger partial charge in [0.1, 0.15) is 18.8 Å². The lowest BCUT2D eigenvalue weighted by molar-refractivity contribution is -0.384. The Morgan fingerprint density at radius 1 is 0.979 bits per heavy atom. The van der Waals surface area contributed by atoms with Crippen molar-refractivity contribution < 1.29 is 57.3 Å². The number of carbonyl (C=O) groups is 5. The lowest BCUT2D eigenvalue weighted by Gasteiger charge is -2.36. The number of benzene rings is 1. The molecule has 0 spiro atoms.